The molecule has 118 valence electrons. The Bertz CT molecular complexity index is 909. The lowest BCUT2D eigenvalue weighted by Crippen LogP contribution is -2.13. The highest BCUT2D eigenvalue weighted by molar-refractivity contribution is 7.08. The van der Waals surface area contributed by atoms with E-state index in [0.29, 0.717) is 0 Å². The lowest BCUT2D eigenvalue weighted by Gasteiger charge is -2.22. The minimum atomic E-state index is 0.0750. The second kappa shape index (κ2) is 6.42. The van der Waals surface area contributed by atoms with Gasteiger partial charge < -0.3 is 4.57 Å². The average Bonchev–Trinajstić information content (AvgIpc) is 3.29. The number of thiophene rings is 1. The SMILES string of the molecule is Cc1ccc([C@@H](c2ccncc2)n2ccnc2-c2ccsc2)cc1. The zero-order valence-electron chi connectivity index (χ0n) is 13.3. The Balaban J connectivity index is 1.88. The molecular formula is C20H17N3S. The van der Waals surface area contributed by atoms with Gasteiger partial charge in [-0.2, -0.15) is 11.3 Å². The Labute approximate surface area is 145 Å². The fourth-order valence-electron chi connectivity index (χ4n) is 2.94. The molecule has 0 spiro atoms. The Kier molecular flexibility index (Phi) is 3.97. The van der Waals surface area contributed by atoms with Crippen molar-refractivity contribution < 1.29 is 0 Å². The summed E-state index contributed by atoms with van der Waals surface area (Å²) >= 11 is 1.69. The van der Waals surface area contributed by atoms with Gasteiger partial charge in [0.15, 0.2) is 0 Å². The molecule has 4 rings (SSSR count). The summed E-state index contributed by atoms with van der Waals surface area (Å²) in [6, 6.07) is 15.0. The smallest absolute Gasteiger partial charge is 0.141 e. The van der Waals surface area contributed by atoms with Crippen molar-refractivity contribution in [3.8, 4) is 11.4 Å². The Morgan fingerprint density at radius 2 is 1.67 bits per heavy atom. The molecule has 0 amide bonds. The maximum Gasteiger partial charge on any atom is 0.141 e. The number of aromatic nitrogens is 3. The number of imidazole rings is 1. The van der Waals surface area contributed by atoms with Crippen molar-refractivity contribution in [3.05, 3.63) is 94.7 Å². The molecule has 0 radical (unpaired) electrons. The van der Waals surface area contributed by atoms with Gasteiger partial charge in [-0.1, -0.05) is 29.8 Å². The van der Waals surface area contributed by atoms with E-state index in [-0.39, 0.29) is 6.04 Å². The van der Waals surface area contributed by atoms with Gasteiger partial charge in [-0.05, 0) is 41.6 Å². The zero-order valence-corrected chi connectivity index (χ0v) is 14.1. The monoisotopic (exact) mass is 331 g/mol. The summed E-state index contributed by atoms with van der Waals surface area (Å²) < 4.78 is 2.24. The quantitative estimate of drug-likeness (QED) is 0.529. The number of hydrogen-bond donors (Lipinski definition) is 0. The predicted molar refractivity (Wildman–Crippen MR) is 98.2 cm³/mol. The summed E-state index contributed by atoms with van der Waals surface area (Å²) in [5.41, 5.74) is 4.84. The maximum atomic E-state index is 4.60. The van der Waals surface area contributed by atoms with Gasteiger partial charge in [0, 0.05) is 35.7 Å². The second-order valence-electron chi connectivity index (χ2n) is 5.76. The number of pyridine rings is 1. The number of aryl methyl sites for hydroxylation is 1. The van der Waals surface area contributed by atoms with E-state index in [0.717, 1.165) is 11.4 Å². The summed E-state index contributed by atoms with van der Waals surface area (Å²) in [6.45, 7) is 2.11. The molecule has 3 nitrogen and oxygen atoms in total. The number of nitrogens with zero attached hydrogens (tertiary/aromatic N) is 3. The summed E-state index contributed by atoms with van der Waals surface area (Å²) in [6.07, 6.45) is 7.61. The molecule has 0 bridgehead atoms. The van der Waals surface area contributed by atoms with E-state index < -0.39 is 0 Å². The molecule has 4 heteroatoms. The van der Waals surface area contributed by atoms with Crippen molar-refractivity contribution in [2.24, 2.45) is 0 Å². The van der Waals surface area contributed by atoms with Gasteiger partial charge in [-0.25, -0.2) is 4.98 Å². The Morgan fingerprint density at radius 1 is 0.917 bits per heavy atom. The van der Waals surface area contributed by atoms with Crippen LogP contribution in [0.3, 0.4) is 0 Å². The maximum absolute atomic E-state index is 4.60. The molecule has 0 aliphatic heterocycles. The van der Waals surface area contributed by atoms with Gasteiger partial charge in [0.2, 0.25) is 0 Å². The molecule has 3 aromatic heterocycles. The first-order valence-electron chi connectivity index (χ1n) is 7.85. The standard InChI is InChI=1S/C20H17N3S/c1-15-2-4-16(5-3-15)19(17-6-9-21-10-7-17)23-12-11-22-20(23)18-8-13-24-14-18/h2-14,19H,1H3/t19-/m0/s1. The molecule has 1 atom stereocenters. The first-order chi connectivity index (χ1) is 11.8. The molecule has 24 heavy (non-hydrogen) atoms. The summed E-state index contributed by atoms with van der Waals surface area (Å²) in [7, 11) is 0. The summed E-state index contributed by atoms with van der Waals surface area (Å²) in [5, 5.41) is 4.22. The van der Waals surface area contributed by atoms with Crippen LogP contribution in [0.2, 0.25) is 0 Å². The Hall–Kier alpha value is -2.72. The predicted octanol–water partition coefficient (Wildman–Crippen LogP) is 4.95. The molecule has 1 aromatic carbocycles. The summed E-state index contributed by atoms with van der Waals surface area (Å²) in [4.78, 5) is 8.77. The van der Waals surface area contributed by atoms with Crippen LogP contribution in [-0.2, 0) is 0 Å². The third-order valence-corrected chi connectivity index (χ3v) is 4.82. The van der Waals surface area contributed by atoms with E-state index in [2.05, 4.69) is 80.9 Å². The first-order valence-corrected chi connectivity index (χ1v) is 8.79. The van der Waals surface area contributed by atoms with Crippen LogP contribution in [0.25, 0.3) is 11.4 Å². The van der Waals surface area contributed by atoms with Crippen LogP contribution in [0.5, 0.6) is 0 Å². The van der Waals surface area contributed by atoms with Crippen molar-refractivity contribution in [3.63, 3.8) is 0 Å². The van der Waals surface area contributed by atoms with Crippen molar-refractivity contribution in [2.75, 3.05) is 0 Å². The van der Waals surface area contributed by atoms with Gasteiger partial charge >= 0.3 is 0 Å². The van der Waals surface area contributed by atoms with Crippen LogP contribution in [-0.4, -0.2) is 14.5 Å². The van der Waals surface area contributed by atoms with Crippen LogP contribution in [0, 0.1) is 6.92 Å². The van der Waals surface area contributed by atoms with Crippen molar-refractivity contribution in [1.82, 2.24) is 14.5 Å². The first kappa shape index (κ1) is 14.8. The largest absolute Gasteiger partial charge is 0.319 e. The molecule has 4 aromatic rings. The van der Waals surface area contributed by atoms with Gasteiger partial charge in [-0.15, -0.1) is 0 Å². The second-order valence-corrected chi connectivity index (χ2v) is 6.54. The topological polar surface area (TPSA) is 30.7 Å². The summed E-state index contributed by atoms with van der Waals surface area (Å²) in [5.74, 6) is 0.985. The fourth-order valence-corrected chi connectivity index (χ4v) is 3.58. The molecule has 0 N–H and O–H groups in total. The van der Waals surface area contributed by atoms with E-state index in [1.54, 1.807) is 11.3 Å². The van der Waals surface area contributed by atoms with Gasteiger partial charge in [0.1, 0.15) is 5.82 Å². The normalized spacial score (nSPS) is 12.2. The average molecular weight is 331 g/mol. The number of rotatable bonds is 4. The molecule has 3 heterocycles. The molecule has 0 fully saturated rings. The molecule has 0 aliphatic rings. The lowest BCUT2D eigenvalue weighted by molar-refractivity contribution is 0.683. The third kappa shape index (κ3) is 2.76. The minimum absolute atomic E-state index is 0.0750. The highest BCUT2D eigenvalue weighted by Gasteiger charge is 2.20. The number of benzene rings is 1. The molecule has 0 saturated heterocycles. The lowest BCUT2D eigenvalue weighted by atomic mass is 9.98. The van der Waals surface area contributed by atoms with E-state index in [4.69, 9.17) is 0 Å². The molecule has 0 aliphatic carbocycles. The molecule has 0 unspecified atom stereocenters. The van der Waals surface area contributed by atoms with Crippen molar-refractivity contribution in [2.45, 2.75) is 13.0 Å². The Morgan fingerprint density at radius 3 is 2.38 bits per heavy atom. The molecule has 0 saturated carbocycles. The fraction of sp³-hybridized carbons (Fsp3) is 0.100. The molecular weight excluding hydrogens is 314 g/mol. The van der Waals surface area contributed by atoms with Crippen LogP contribution < -0.4 is 0 Å². The van der Waals surface area contributed by atoms with Crippen molar-refractivity contribution in [1.29, 1.82) is 0 Å². The highest BCUT2D eigenvalue weighted by Crippen LogP contribution is 2.31. The van der Waals surface area contributed by atoms with E-state index in [1.165, 1.54) is 16.7 Å². The minimum Gasteiger partial charge on any atom is -0.319 e. The number of hydrogen-bond acceptors (Lipinski definition) is 3. The van der Waals surface area contributed by atoms with Crippen molar-refractivity contribution >= 4 is 11.3 Å². The highest BCUT2D eigenvalue weighted by atomic mass is 32.1. The van der Waals surface area contributed by atoms with Crippen LogP contribution in [0.15, 0.2) is 78.0 Å². The third-order valence-electron chi connectivity index (χ3n) is 4.14. The van der Waals surface area contributed by atoms with Crippen LogP contribution >= 0.6 is 11.3 Å². The van der Waals surface area contributed by atoms with Gasteiger partial charge in [-0.3, -0.25) is 4.98 Å². The van der Waals surface area contributed by atoms with Gasteiger partial charge in [0.05, 0.1) is 6.04 Å². The van der Waals surface area contributed by atoms with E-state index in [9.17, 15) is 0 Å². The van der Waals surface area contributed by atoms with E-state index in [1.807, 2.05) is 18.6 Å². The van der Waals surface area contributed by atoms with Crippen LogP contribution in [0.4, 0.5) is 0 Å². The zero-order chi connectivity index (χ0) is 16.4. The van der Waals surface area contributed by atoms with Gasteiger partial charge in [0.25, 0.3) is 0 Å². The van der Waals surface area contributed by atoms with E-state index >= 15 is 0 Å². The van der Waals surface area contributed by atoms with Crippen LogP contribution in [0.1, 0.15) is 22.7 Å².